The number of nitrogens with one attached hydrogen (secondary N) is 1. The quantitative estimate of drug-likeness (QED) is 0.266. The second kappa shape index (κ2) is 9.09. The maximum atomic E-state index is 12.0. The van der Waals surface area contributed by atoms with Gasteiger partial charge in [-0.3, -0.25) is 19.9 Å². The van der Waals surface area contributed by atoms with Gasteiger partial charge in [0.1, 0.15) is 22.8 Å². The number of amides is 1. The molecule has 4 aromatic rings. The van der Waals surface area contributed by atoms with Crippen molar-refractivity contribution in [2.75, 3.05) is 6.61 Å². The van der Waals surface area contributed by atoms with Crippen LogP contribution in [-0.2, 0) is 4.79 Å². The normalized spacial score (nSPS) is 11.0. The molecule has 0 atom stereocenters. The third kappa shape index (κ3) is 4.62. The lowest BCUT2D eigenvalue weighted by atomic mass is 10.1. The molecule has 0 bridgehead atoms. The molecule has 0 aliphatic heterocycles. The number of nitrogens with zero attached hydrogens (tertiary/aromatic N) is 3. The van der Waals surface area contributed by atoms with Gasteiger partial charge < -0.3 is 9.15 Å². The first-order chi connectivity index (χ1) is 15.5. The fourth-order valence-corrected chi connectivity index (χ4v) is 3.14. The monoisotopic (exact) mass is 430 g/mol. The highest BCUT2D eigenvalue weighted by Crippen LogP contribution is 2.28. The molecule has 2 aromatic carbocycles. The first kappa shape index (κ1) is 20.7. The molecule has 0 aliphatic carbocycles. The van der Waals surface area contributed by atoms with E-state index in [0.717, 1.165) is 10.9 Å². The molecule has 2 heterocycles. The number of fused-ring (bicyclic) bond motifs is 1. The van der Waals surface area contributed by atoms with Gasteiger partial charge in [0.05, 0.1) is 11.1 Å². The molecule has 0 aliphatic rings. The van der Waals surface area contributed by atoms with Crippen LogP contribution in [0.25, 0.3) is 22.2 Å². The van der Waals surface area contributed by atoms with Gasteiger partial charge >= 0.3 is 0 Å². The van der Waals surface area contributed by atoms with E-state index in [0.29, 0.717) is 28.4 Å². The molecule has 32 heavy (non-hydrogen) atoms. The van der Waals surface area contributed by atoms with Gasteiger partial charge in [-0.05, 0) is 42.8 Å². The maximum absolute atomic E-state index is 12.0. The number of nitro groups is 1. The van der Waals surface area contributed by atoms with Crippen LogP contribution in [0.1, 0.15) is 11.3 Å². The molecule has 0 saturated heterocycles. The predicted octanol–water partition coefficient (Wildman–Crippen LogP) is 4.24. The van der Waals surface area contributed by atoms with E-state index in [4.69, 9.17) is 9.15 Å². The van der Waals surface area contributed by atoms with Crippen molar-refractivity contribution in [3.8, 4) is 17.1 Å². The number of pyridine rings is 1. The standard InChI is InChI=1S/C23H18N4O5/c1-15-12-17(27(29)30)7-9-19(15)20-10-8-18(32-20)13-25-26-22(28)14-31-21-6-2-4-16-5-3-11-24-23(16)21/h2-13H,14H2,1H3,(H,26,28)/b25-13-. The second-order valence-corrected chi connectivity index (χ2v) is 6.87. The van der Waals surface area contributed by atoms with Crippen molar-refractivity contribution in [3.63, 3.8) is 0 Å². The van der Waals surface area contributed by atoms with Crippen molar-refractivity contribution in [3.05, 3.63) is 88.3 Å². The molecule has 0 spiro atoms. The summed E-state index contributed by atoms with van der Waals surface area (Å²) in [6.45, 7) is 1.54. The minimum atomic E-state index is -0.444. The summed E-state index contributed by atoms with van der Waals surface area (Å²) in [5, 5.41) is 15.7. The van der Waals surface area contributed by atoms with Gasteiger partial charge in [-0.2, -0.15) is 5.10 Å². The first-order valence-electron chi connectivity index (χ1n) is 9.65. The molecule has 0 fully saturated rings. The number of rotatable bonds is 7. The number of hydrogen-bond donors (Lipinski definition) is 1. The number of non-ortho nitro benzene ring substituents is 1. The van der Waals surface area contributed by atoms with Crippen LogP contribution in [0.15, 0.2) is 76.4 Å². The van der Waals surface area contributed by atoms with E-state index in [-0.39, 0.29) is 12.3 Å². The van der Waals surface area contributed by atoms with Crippen molar-refractivity contribution < 1.29 is 18.9 Å². The van der Waals surface area contributed by atoms with Gasteiger partial charge in [0.2, 0.25) is 0 Å². The Hall–Kier alpha value is -4.53. The highest BCUT2D eigenvalue weighted by Gasteiger charge is 2.12. The number of aryl methyl sites for hydroxylation is 1. The maximum Gasteiger partial charge on any atom is 0.277 e. The lowest BCUT2D eigenvalue weighted by Gasteiger charge is -2.07. The Balaban J connectivity index is 1.35. The summed E-state index contributed by atoms with van der Waals surface area (Å²) in [5.74, 6) is 1.03. The first-order valence-corrected chi connectivity index (χ1v) is 9.65. The zero-order valence-electron chi connectivity index (χ0n) is 17.0. The Labute approximate surface area is 182 Å². The summed E-state index contributed by atoms with van der Waals surface area (Å²) in [6.07, 6.45) is 3.02. The Morgan fingerprint density at radius 1 is 1.22 bits per heavy atom. The summed E-state index contributed by atoms with van der Waals surface area (Å²) in [4.78, 5) is 26.8. The third-order valence-corrected chi connectivity index (χ3v) is 4.65. The average Bonchev–Trinajstić information content (AvgIpc) is 3.26. The number of carbonyl (C=O) groups excluding carboxylic acids is 1. The highest BCUT2D eigenvalue weighted by molar-refractivity contribution is 5.85. The number of hydrazone groups is 1. The fraction of sp³-hybridized carbons (Fsp3) is 0.0870. The van der Waals surface area contributed by atoms with E-state index in [9.17, 15) is 14.9 Å². The lowest BCUT2D eigenvalue weighted by molar-refractivity contribution is -0.384. The van der Waals surface area contributed by atoms with Crippen LogP contribution in [-0.4, -0.2) is 28.6 Å². The minimum absolute atomic E-state index is 0.0174. The zero-order chi connectivity index (χ0) is 22.5. The molecule has 160 valence electrons. The molecular weight excluding hydrogens is 412 g/mol. The van der Waals surface area contributed by atoms with E-state index in [1.807, 2.05) is 24.3 Å². The van der Waals surface area contributed by atoms with Crippen molar-refractivity contribution in [1.29, 1.82) is 0 Å². The number of benzene rings is 2. The van der Waals surface area contributed by atoms with E-state index >= 15 is 0 Å². The molecule has 1 N–H and O–H groups in total. The number of furan rings is 1. The molecule has 4 rings (SSSR count). The molecule has 9 nitrogen and oxygen atoms in total. The molecular formula is C23H18N4O5. The molecule has 9 heteroatoms. The van der Waals surface area contributed by atoms with E-state index < -0.39 is 10.8 Å². The topological polar surface area (TPSA) is 120 Å². The van der Waals surface area contributed by atoms with Crippen molar-refractivity contribution >= 4 is 28.7 Å². The van der Waals surface area contributed by atoms with E-state index in [1.54, 1.807) is 37.4 Å². The molecule has 0 radical (unpaired) electrons. The van der Waals surface area contributed by atoms with Gasteiger partial charge in [0, 0.05) is 29.3 Å². The predicted molar refractivity (Wildman–Crippen MR) is 119 cm³/mol. The smallest absolute Gasteiger partial charge is 0.277 e. The van der Waals surface area contributed by atoms with E-state index in [2.05, 4.69) is 15.5 Å². The molecule has 2 aromatic heterocycles. The number of carbonyl (C=O) groups is 1. The summed E-state index contributed by atoms with van der Waals surface area (Å²) in [5.41, 5.74) is 4.52. The summed E-state index contributed by atoms with van der Waals surface area (Å²) in [6, 6.07) is 17.2. The van der Waals surface area contributed by atoms with Crippen LogP contribution in [0.3, 0.4) is 0 Å². The number of ether oxygens (including phenoxy) is 1. The zero-order valence-corrected chi connectivity index (χ0v) is 17.0. The number of aromatic nitrogens is 1. The minimum Gasteiger partial charge on any atom is -0.481 e. The van der Waals surface area contributed by atoms with Crippen molar-refractivity contribution in [2.24, 2.45) is 5.10 Å². The van der Waals surface area contributed by atoms with Crippen molar-refractivity contribution in [1.82, 2.24) is 10.4 Å². The summed E-state index contributed by atoms with van der Waals surface area (Å²) in [7, 11) is 0. The number of hydrogen-bond acceptors (Lipinski definition) is 7. The Kier molecular flexibility index (Phi) is 5.89. The van der Waals surface area contributed by atoms with Gasteiger partial charge in [-0.25, -0.2) is 5.43 Å². The van der Waals surface area contributed by atoms with Crippen LogP contribution >= 0.6 is 0 Å². The molecule has 1 amide bonds. The van der Waals surface area contributed by atoms with Gasteiger partial charge in [0.25, 0.3) is 11.6 Å². The van der Waals surface area contributed by atoms with Gasteiger partial charge in [-0.1, -0.05) is 18.2 Å². The van der Waals surface area contributed by atoms with Crippen molar-refractivity contribution in [2.45, 2.75) is 6.92 Å². The van der Waals surface area contributed by atoms with Crippen LogP contribution in [0.2, 0.25) is 0 Å². The van der Waals surface area contributed by atoms with Crippen LogP contribution in [0.4, 0.5) is 5.69 Å². The highest BCUT2D eigenvalue weighted by atomic mass is 16.6. The van der Waals surface area contributed by atoms with Gasteiger partial charge in [-0.15, -0.1) is 0 Å². The molecule has 0 unspecified atom stereocenters. The number of nitro benzene ring substituents is 1. The summed E-state index contributed by atoms with van der Waals surface area (Å²) < 4.78 is 11.3. The second-order valence-electron chi connectivity index (χ2n) is 6.87. The van der Waals surface area contributed by atoms with Crippen LogP contribution in [0.5, 0.6) is 5.75 Å². The Bertz CT molecular complexity index is 1320. The van der Waals surface area contributed by atoms with E-state index in [1.165, 1.54) is 18.3 Å². The Morgan fingerprint density at radius 2 is 2.06 bits per heavy atom. The average molecular weight is 430 g/mol. The molecule has 0 saturated carbocycles. The van der Waals surface area contributed by atoms with Gasteiger partial charge in [0.15, 0.2) is 6.61 Å². The van der Waals surface area contributed by atoms with Crippen LogP contribution < -0.4 is 10.2 Å². The summed E-state index contributed by atoms with van der Waals surface area (Å²) >= 11 is 0. The third-order valence-electron chi connectivity index (χ3n) is 4.65. The SMILES string of the molecule is Cc1cc([N+](=O)[O-])ccc1-c1ccc(/C=N\NC(=O)COc2cccc3cccnc23)o1. The number of para-hydroxylation sites is 1. The largest absolute Gasteiger partial charge is 0.481 e. The Morgan fingerprint density at radius 3 is 2.88 bits per heavy atom. The van der Waals surface area contributed by atoms with Crippen LogP contribution in [0, 0.1) is 17.0 Å². The lowest BCUT2D eigenvalue weighted by Crippen LogP contribution is -2.24. The fourth-order valence-electron chi connectivity index (χ4n) is 3.14.